The Balaban J connectivity index is 1.30. The lowest BCUT2D eigenvalue weighted by molar-refractivity contribution is -0.130. The maximum Gasteiger partial charge on any atom is 0.155 e. The second-order valence-corrected chi connectivity index (χ2v) is 10.4. The fourth-order valence-corrected chi connectivity index (χ4v) is 6.22. The number of aryl methyl sites for hydroxylation is 1. The Morgan fingerprint density at radius 1 is 0.939 bits per heavy atom. The number of piperazine rings is 1. The lowest BCUT2D eigenvalue weighted by atomic mass is 9.80. The normalized spacial score (nSPS) is 23.5. The van der Waals surface area contributed by atoms with Crippen LogP contribution in [0, 0.1) is 5.92 Å². The lowest BCUT2D eigenvalue weighted by Gasteiger charge is -2.44. The highest BCUT2D eigenvalue weighted by molar-refractivity contribution is 6.31. The Labute approximate surface area is 203 Å². The van der Waals surface area contributed by atoms with E-state index >= 15 is 0 Å². The van der Waals surface area contributed by atoms with Crippen LogP contribution in [-0.2, 0) is 17.8 Å². The molecule has 1 aliphatic carbocycles. The average molecular weight is 466 g/mol. The molecule has 4 nitrogen and oxygen atoms in total. The van der Waals surface area contributed by atoms with E-state index in [4.69, 9.17) is 11.6 Å². The van der Waals surface area contributed by atoms with Crippen LogP contribution in [0.2, 0.25) is 5.02 Å². The Morgan fingerprint density at radius 3 is 2.45 bits per heavy atom. The number of para-hydroxylation sites is 1. The van der Waals surface area contributed by atoms with Gasteiger partial charge in [0, 0.05) is 55.4 Å². The van der Waals surface area contributed by atoms with E-state index in [0.717, 1.165) is 63.4 Å². The summed E-state index contributed by atoms with van der Waals surface area (Å²) in [5.41, 5.74) is 3.78. The van der Waals surface area contributed by atoms with Gasteiger partial charge < -0.3 is 5.32 Å². The van der Waals surface area contributed by atoms with Gasteiger partial charge in [0.05, 0.1) is 6.04 Å². The number of rotatable bonds is 6. The van der Waals surface area contributed by atoms with Gasteiger partial charge in [0.25, 0.3) is 0 Å². The monoisotopic (exact) mass is 465 g/mol. The summed E-state index contributed by atoms with van der Waals surface area (Å²) >= 11 is 6.40. The number of hydrogen-bond donors (Lipinski definition) is 1. The van der Waals surface area contributed by atoms with Gasteiger partial charge in [0.15, 0.2) is 5.78 Å². The number of halogens is 1. The summed E-state index contributed by atoms with van der Waals surface area (Å²) in [4.78, 5) is 18.9. The molecule has 2 heterocycles. The second-order valence-electron chi connectivity index (χ2n) is 10.0. The van der Waals surface area contributed by atoms with Crippen molar-refractivity contribution in [2.24, 2.45) is 5.92 Å². The van der Waals surface area contributed by atoms with Gasteiger partial charge in [-0.1, -0.05) is 67.3 Å². The zero-order valence-electron chi connectivity index (χ0n) is 19.5. The van der Waals surface area contributed by atoms with Crippen LogP contribution in [0.3, 0.4) is 0 Å². The van der Waals surface area contributed by atoms with Gasteiger partial charge in [-0.05, 0) is 48.9 Å². The molecule has 1 N–H and O–H groups in total. The minimum atomic E-state index is -0.0241. The first-order valence-electron chi connectivity index (χ1n) is 12.8. The van der Waals surface area contributed by atoms with Gasteiger partial charge in [0.1, 0.15) is 0 Å². The van der Waals surface area contributed by atoms with Crippen molar-refractivity contribution in [3.8, 4) is 0 Å². The van der Waals surface area contributed by atoms with E-state index in [-0.39, 0.29) is 18.0 Å². The van der Waals surface area contributed by atoms with E-state index < -0.39 is 0 Å². The number of nitrogens with one attached hydrogen (secondary N) is 1. The lowest BCUT2D eigenvalue weighted by Crippen LogP contribution is -2.59. The third-order valence-electron chi connectivity index (χ3n) is 7.92. The Kier molecular flexibility index (Phi) is 7.34. The van der Waals surface area contributed by atoms with Gasteiger partial charge in [-0.3, -0.25) is 14.6 Å². The number of hydrogen-bond acceptors (Lipinski definition) is 4. The number of Topliss-reactive ketones (excluding diaryl/α,β-unsaturated/α-hetero) is 1. The maximum absolute atomic E-state index is 13.9. The van der Waals surface area contributed by atoms with Crippen molar-refractivity contribution in [1.82, 2.24) is 9.80 Å². The minimum absolute atomic E-state index is 0.0241. The van der Waals surface area contributed by atoms with Crippen molar-refractivity contribution in [2.45, 2.75) is 63.6 Å². The molecule has 0 radical (unpaired) electrons. The van der Waals surface area contributed by atoms with E-state index in [1.165, 1.54) is 36.1 Å². The minimum Gasteiger partial charge on any atom is -0.380 e. The molecule has 5 heteroatoms. The third kappa shape index (κ3) is 5.29. The molecular formula is C28H36ClN3O. The highest BCUT2D eigenvalue weighted by Crippen LogP contribution is 2.32. The first-order valence-corrected chi connectivity index (χ1v) is 13.1. The number of nitrogens with zero attached hydrogens (tertiary/aromatic N) is 2. The van der Waals surface area contributed by atoms with E-state index in [2.05, 4.69) is 51.5 Å². The van der Waals surface area contributed by atoms with Crippen LogP contribution >= 0.6 is 11.6 Å². The quantitative estimate of drug-likeness (QED) is 0.619. The first-order chi connectivity index (χ1) is 16.2. The highest BCUT2D eigenvalue weighted by atomic mass is 35.5. The zero-order chi connectivity index (χ0) is 22.6. The third-order valence-corrected chi connectivity index (χ3v) is 8.28. The van der Waals surface area contributed by atoms with Gasteiger partial charge in [-0.15, -0.1) is 0 Å². The molecule has 0 bridgehead atoms. The van der Waals surface area contributed by atoms with E-state index in [9.17, 15) is 4.79 Å². The summed E-state index contributed by atoms with van der Waals surface area (Å²) in [6.45, 7) is 4.70. The van der Waals surface area contributed by atoms with Crippen LogP contribution in [0.15, 0.2) is 48.5 Å². The molecule has 0 aromatic heterocycles. The molecule has 176 valence electrons. The first kappa shape index (κ1) is 22.9. The van der Waals surface area contributed by atoms with Crippen molar-refractivity contribution >= 4 is 23.1 Å². The topological polar surface area (TPSA) is 35.6 Å². The van der Waals surface area contributed by atoms with Crippen LogP contribution in [0.5, 0.6) is 0 Å². The van der Waals surface area contributed by atoms with Gasteiger partial charge in [-0.25, -0.2) is 0 Å². The predicted octanol–water partition coefficient (Wildman–Crippen LogP) is 5.40. The summed E-state index contributed by atoms with van der Waals surface area (Å²) in [6.07, 6.45) is 7.92. The molecule has 2 aliphatic heterocycles. The number of benzene rings is 2. The standard InChI is InChI=1S/C28H36ClN3O/c29-24-12-6-4-11-23(24)20-31-16-18-32(19-17-31)27(28(33)22-9-2-1-3-10-22)26-15-14-21-8-5-7-13-25(21)30-26/h4-8,11-13,22,26-27,30H,1-3,9-10,14-20H2. The van der Waals surface area contributed by atoms with E-state index in [1.54, 1.807) is 0 Å². The summed E-state index contributed by atoms with van der Waals surface area (Å²) in [7, 11) is 0. The van der Waals surface area contributed by atoms with E-state index in [0.29, 0.717) is 5.78 Å². The van der Waals surface area contributed by atoms with Crippen LogP contribution in [-0.4, -0.2) is 53.8 Å². The number of carbonyl (C=O) groups excluding carboxylic acids is 1. The Bertz CT molecular complexity index is 950. The number of fused-ring (bicyclic) bond motifs is 1. The summed E-state index contributed by atoms with van der Waals surface area (Å²) in [5, 5.41) is 4.62. The van der Waals surface area contributed by atoms with Crippen molar-refractivity contribution < 1.29 is 4.79 Å². The Morgan fingerprint density at radius 2 is 1.67 bits per heavy atom. The van der Waals surface area contributed by atoms with E-state index in [1.807, 2.05) is 12.1 Å². The summed E-state index contributed by atoms with van der Waals surface area (Å²) in [5.74, 6) is 0.731. The predicted molar refractivity (Wildman–Crippen MR) is 136 cm³/mol. The molecule has 0 amide bonds. The molecular weight excluding hydrogens is 430 g/mol. The van der Waals surface area contributed by atoms with Crippen molar-refractivity contribution in [3.05, 3.63) is 64.7 Å². The molecule has 5 rings (SSSR count). The number of ketones is 1. The number of anilines is 1. The molecule has 33 heavy (non-hydrogen) atoms. The Hall–Kier alpha value is -1.88. The van der Waals surface area contributed by atoms with Gasteiger partial charge in [-0.2, -0.15) is 0 Å². The number of carbonyl (C=O) groups is 1. The largest absolute Gasteiger partial charge is 0.380 e. The van der Waals surface area contributed by atoms with Crippen LogP contribution in [0.25, 0.3) is 0 Å². The summed E-state index contributed by atoms with van der Waals surface area (Å²) < 4.78 is 0. The van der Waals surface area contributed by atoms with Gasteiger partial charge >= 0.3 is 0 Å². The van der Waals surface area contributed by atoms with Crippen LogP contribution in [0.1, 0.15) is 49.7 Å². The molecule has 2 aromatic rings. The fourth-order valence-electron chi connectivity index (χ4n) is 6.03. The zero-order valence-corrected chi connectivity index (χ0v) is 20.3. The molecule has 2 fully saturated rings. The molecule has 2 aromatic carbocycles. The fraction of sp³-hybridized carbons (Fsp3) is 0.536. The molecule has 2 unspecified atom stereocenters. The molecule has 1 saturated carbocycles. The summed E-state index contributed by atoms with van der Waals surface area (Å²) in [6, 6.07) is 16.9. The smallest absolute Gasteiger partial charge is 0.155 e. The van der Waals surface area contributed by atoms with Crippen molar-refractivity contribution in [1.29, 1.82) is 0 Å². The van der Waals surface area contributed by atoms with Crippen molar-refractivity contribution in [2.75, 3.05) is 31.5 Å². The van der Waals surface area contributed by atoms with Crippen molar-refractivity contribution in [3.63, 3.8) is 0 Å². The van der Waals surface area contributed by atoms with Crippen LogP contribution in [0.4, 0.5) is 5.69 Å². The second kappa shape index (κ2) is 10.6. The molecule has 0 spiro atoms. The molecule has 2 atom stereocenters. The highest BCUT2D eigenvalue weighted by Gasteiger charge is 2.39. The SMILES string of the molecule is O=C(C1CCCCC1)C(C1CCc2ccccc2N1)N1CCN(Cc2ccccc2Cl)CC1. The van der Waals surface area contributed by atoms with Gasteiger partial charge in [0.2, 0.25) is 0 Å². The average Bonchev–Trinajstić information content (AvgIpc) is 2.87. The molecule has 3 aliphatic rings. The molecule has 1 saturated heterocycles. The van der Waals surface area contributed by atoms with Crippen LogP contribution < -0.4 is 5.32 Å². The maximum atomic E-state index is 13.9.